The Morgan fingerprint density at radius 3 is 2.94 bits per heavy atom. The van der Waals surface area contributed by atoms with E-state index in [9.17, 15) is 4.79 Å². The number of para-hydroxylation sites is 1. The summed E-state index contributed by atoms with van der Waals surface area (Å²) in [4.78, 5) is 13.2. The van der Waals surface area contributed by atoms with Crippen LogP contribution in [0, 0.1) is 12.8 Å². The zero-order valence-corrected chi connectivity index (χ0v) is 9.22. The van der Waals surface area contributed by atoms with Crippen molar-refractivity contribution in [3.8, 4) is 0 Å². The van der Waals surface area contributed by atoms with Gasteiger partial charge >= 0.3 is 6.09 Å². The van der Waals surface area contributed by atoms with Gasteiger partial charge in [-0.05, 0) is 18.6 Å². The molecule has 1 heterocycles. The van der Waals surface area contributed by atoms with Gasteiger partial charge in [-0.15, -0.1) is 0 Å². The second-order valence-electron chi connectivity index (χ2n) is 4.02. The molecule has 0 bridgehead atoms. The lowest BCUT2D eigenvalue weighted by Crippen LogP contribution is -2.44. The van der Waals surface area contributed by atoms with Crippen molar-refractivity contribution in [3.63, 3.8) is 0 Å². The van der Waals surface area contributed by atoms with Crippen LogP contribution in [0.15, 0.2) is 24.3 Å². The molecule has 1 aromatic rings. The van der Waals surface area contributed by atoms with E-state index >= 15 is 0 Å². The van der Waals surface area contributed by atoms with Crippen LogP contribution < -0.4 is 4.90 Å². The smallest absolute Gasteiger partial charge is 0.414 e. The molecule has 0 radical (unpaired) electrons. The maximum absolute atomic E-state index is 11.6. The summed E-state index contributed by atoms with van der Waals surface area (Å²) in [7, 11) is 0. The molecule has 0 saturated carbocycles. The normalized spacial score (nSPS) is 20.8. The Labute approximate surface area is 94.4 Å². The number of amides is 1. The average molecular weight is 221 g/mol. The standard InChI is InChI=1S/C12H15NO3/c1-9-4-2-3-5-11(9)13-6-10(7-14)8-16-12(13)15/h2-5,10,14H,6-8H2,1H3. The monoisotopic (exact) mass is 221 g/mol. The molecule has 2 rings (SSSR count). The summed E-state index contributed by atoms with van der Waals surface area (Å²) < 4.78 is 5.03. The van der Waals surface area contributed by atoms with Gasteiger partial charge in [0.25, 0.3) is 0 Å². The van der Waals surface area contributed by atoms with Crippen LogP contribution in [-0.2, 0) is 4.74 Å². The van der Waals surface area contributed by atoms with Crippen molar-refractivity contribution in [2.45, 2.75) is 6.92 Å². The van der Waals surface area contributed by atoms with E-state index in [2.05, 4.69) is 0 Å². The van der Waals surface area contributed by atoms with Gasteiger partial charge in [0.05, 0.1) is 13.2 Å². The highest BCUT2D eigenvalue weighted by atomic mass is 16.6. The minimum atomic E-state index is -0.334. The van der Waals surface area contributed by atoms with Crippen molar-refractivity contribution >= 4 is 11.8 Å². The van der Waals surface area contributed by atoms with Gasteiger partial charge in [-0.3, -0.25) is 4.90 Å². The molecule has 1 saturated heterocycles. The molecule has 16 heavy (non-hydrogen) atoms. The maximum Gasteiger partial charge on any atom is 0.414 e. The number of aliphatic hydroxyl groups is 1. The van der Waals surface area contributed by atoms with E-state index in [0.717, 1.165) is 11.3 Å². The van der Waals surface area contributed by atoms with Crippen molar-refractivity contribution in [2.75, 3.05) is 24.7 Å². The first-order valence-electron chi connectivity index (χ1n) is 5.33. The average Bonchev–Trinajstić information content (AvgIpc) is 2.31. The molecule has 1 aliphatic rings. The summed E-state index contributed by atoms with van der Waals surface area (Å²) in [6.45, 7) is 2.80. The van der Waals surface area contributed by atoms with Crippen molar-refractivity contribution in [1.82, 2.24) is 0 Å². The van der Waals surface area contributed by atoms with E-state index in [0.29, 0.717) is 13.2 Å². The van der Waals surface area contributed by atoms with E-state index in [1.165, 1.54) is 0 Å². The number of benzene rings is 1. The summed E-state index contributed by atoms with van der Waals surface area (Å²) >= 11 is 0. The predicted octanol–water partition coefficient (Wildman–Crippen LogP) is 1.56. The number of anilines is 1. The van der Waals surface area contributed by atoms with Crippen LogP contribution in [-0.4, -0.2) is 31.0 Å². The molecule has 0 spiro atoms. The number of rotatable bonds is 2. The fraction of sp³-hybridized carbons (Fsp3) is 0.417. The SMILES string of the molecule is Cc1ccccc1N1CC(CO)COC1=O. The van der Waals surface area contributed by atoms with Crippen LogP contribution in [0.5, 0.6) is 0 Å². The van der Waals surface area contributed by atoms with Gasteiger partial charge < -0.3 is 9.84 Å². The van der Waals surface area contributed by atoms with Crippen LogP contribution in [0.1, 0.15) is 5.56 Å². The second-order valence-corrected chi connectivity index (χ2v) is 4.02. The summed E-state index contributed by atoms with van der Waals surface area (Å²) in [5, 5.41) is 9.09. The van der Waals surface area contributed by atoms with Gasteiger partial charge in [0.15, 0.2) is 0 Å². The van der Waals surface area contributed by atoms with Crippen molar-refractivity contribution < 1.29 is 14.6 Å². The molecule has 1 aliphatic heterocycles. The number of hydrogen-bond acceptors (Lipinski definition) is 3. The first kappa shape index (κ1) is 11.0. The predicted molar refractivity (Wildman–Crippen MR) is 60.4 cm³/mol. The Kier molecular flexibility index (Phi) is 3.10. The third-order valence-electron chi connectivity index (χ3n) is 2.77. The van der Waals surface area contributed by atoms with Gasteiger partial charge in [-0.2, -0.15) is 0 Å². The first-order chi connectivity index (χ1) is 7.72. The van der Waals surface area contributed by atoms with Crippen LogP contribution in [0.25, 0.3) is 0 Å². The summed E-state index contributed by atoms with van der Waals surface area (Å²) in [6, 6.07) is 7.65. The van der Waals surface area contributed by atoms with Gasteiger partial charge in [0.1, 0.15) is 0 Å². The van der Waals surface area contributed by atoms with Gasteiger partial charge in [-0.1, -0.05) is 18.2 Å². The van der Waals surface area contributed by atoms with Crippen LogP contribution in [0.4, 0.5) is 10.5 Å². The molecule has 1 amide bonds. The molecule has 0 aliphatic carbocycles. The molecule has 1 aromatic carbocycles. The molecular formula is C12H15NO3. The van der Waals surface area contributed by atoms with Gasteiger partial charge in [0.2, 0.25) is 0 Å². The summed E-state index contributed by atoms with van der Waals surface area (Å²) in [5.74, 6) is -0.00249. The maximum atomic E-state index is 11.6. The Morgan fingerprint density at radius 1 is 1.50 bits per heavy atom. The van der Waals surface area contributed by atoms with Crippen molar-refractivity contribution in [3.05, 3.63) is 29.8 Å². The van der Waals surface area contributed by atoms with E-state index in [1.807, 2.05) is 31.2 Å². The lowest BCUT2D eigenvalue weighted by Gasteiger charge is -2.32. The van der Waals surface area contributed by atoms with E-state index < -0.39 is 0 Å². The topological polar surface area (TPSA) is 49.8 Å². The molecular weight excluding hydrogens is 206 g/mol. The Morgan fingerprint density at radius 2 is 2.25 bits per heavy atom. The molecule has 1 unspecified atom stereocenters. The Balaban J connectivity index is 2.25. The molecule has 1 fully saturated rings. The largest absolute Gasteiger partial charge is 0.449 e. The molecule has 86 valence electrons. The number of nitrogens with zero attached hydrogens (tertiary/aromatic N) is 1. The molecule has 1 atom stereocenters. The highest BCUT2D eigenvalue weighted by Gasteiger charge is 2.28. The molecule has 1 N–H and O–H groups in total. The fourth-order valence-electron chi connectivity index (χ4n) is 1.83. The molecule has 0 aromatic heterocycles. The minimum absolute atomic E-state index is 0.00249. The minimum Gasteiger partial charge on any atom is -0.449 e. The van der Waals surface area contributed by atoms with Crippen molar-refractivity contribution in [1.29, 1.82) is 0 Å². The first-order valence-corrected chi connectivity index (χ1v) is 5.33. The third-order valence-corrected chi connectivity index (χ3v) is 2.77. The highest BCUT2D eigenvalue weighted by Crippen LogP contribution is 2.24. The summed E-state index contributed by atoms with van der Waals surface area (Å²) in [5.41, 5.74) is 1.88. The van der Waals surface area contributed by atoms with Gasteiger partial charge in [0, 0.05) is 18.2 Å². The van der Waals surface area contributed by atoms with Crippen LogP contribution in [0.3, 0.4) is 0 Å². The fourth-order valence-corrected chi connectivity index (χ4v) is 1.83. The molecule has 4 nitrogen and oxygen atoms in total. The van der Waals surface area contributed by atoms with Crippen LogP contribution >= 0.6 is 0 Å². The zero-order valence-electron chi connectivity index (χ0n) is 9.22. The van der Waals surface area contributed by atoms with E-state index in [1.54, 1.807) is 4.90 Å². The van der Waals surface area contributed by atoms with Crippen molar-refractivity contribution in [2.24, 2.45) is 5.92 Å². The highest BCUT2D eigenvalue weighted by molar-refractivity contribution is 5.89. The number of carbonyl (C=O) groups excluding carboxylic acids is 1. The quantitative estimate of drug-likeness (QED) is 0.824. The Bertz CT molecular complexity index is 392. The van der Waals surface area contributed by atoms with Crippen LogP contribution in [0.2, 0.25) is 0 Å². The van der Waals surface area contributed by atoms with E-state index in [4.69, 9.17) is 9.84 Å². The Hall–Kier alpha value is -1.55. The number of ether oxygens (including phenoxy) is 1. The number of cyclic esters (lactones) is 1. The number of carbonyl (C=O) groups is 1. The zero-order chi connectivity index (χ0) is 11.5. The third kappa shape index (κ3) is 2.02. The number of aryl methyl sites for hydroxylation is 1. The molecule has 4 heteroatoms. The number of hydrogen-bond donors (Lipinski definition) is 1. The van der Waals surface area contributed by atoms with Gasteiger partial charge in [-0.25, -0.2) is 4.79 Å². The number of aliphatic hydroxyl groups excluding tert-OH is 1. The van der Waals surface area contributed by atoms with E-state index in [-0.39, 0.29) is 18.6 Å². The summed E-state index contributed by atoms with van der Waals surface area (Å²) in [6.07, 6.45) is -0.334. The lowest BCUT2D eigenvalue weighted by molar-refractivity contribution is 0.0899. The lowest BCUT2D eigenvalue weighted by atomic mass is 10.1. The second kappa shape index (κ2) is 4.53.